The molecule has 0 amide bonds. The number of methoxy groups -OCH3 is 1. The first-order chi connectivity index (χ1) is 8.03. The molecule has 0 fully saturated rings. The van der Waals surface area contributed by atoms with Crippen molar-refractivity contribution in [2.24, 2.45) is 0 Å². The zero-order chi connectivity index (χ0) is 13.7. The smallest absolute Gasteiger partial charge is 0.341 e. The van der Waals surface area contributed by atoms with Crippen molar-refractivity contribution >= 4 is 5.97 Å². The van der Waals surface area contributed by atoms with Crippen molar-refractivity contribution in [1.29, 1.82) is 0 Å². The van der Waals surface area contributed by atoms with Crippen molar-refractivity contribution in [2.75, 3.05) is 20.3 Å². The maximum absolute atomic E-state index is 11.0. The number of carbonyl (C=O) groups is 1. The van der Waals surface area contributed by atoms with Gasteiger partial charge in [0.25, 0.3) is 0 Å². The van der Waals surface area contributed by atoms with E-state index in [9.17, 15) is 4.79 Å². The summed E-state index contributed by atoms with van der Waals surface area (Å²) in [5.74, 6) is -0.296. The first-order valence-electron chi connectivity index (χ1n) is 5.76. The molecule has 0 aromatic heterocycles. The SMILES string of the molecule is CCCCC(C)=C=C(C)C(=O)OC.OCCO. The van der Waals surface area contributed by atoms with Gasteiger partial charge in [0, 0.05) is 0 Å². The number of aliphatic hydroxyl groups excluding tert-OH is 2. The van der Waals surface area contributed by atoms with Crippen molar-refractivity contribution in [3.05, 3.63) is 16.9 Å². The summed E-state index contributed by atoms with van der Waals surface area (Å²) in [5, 5.41) is 15.2. The Hall–Kier alpha value is -1.09. The van der Waals surface area contributed by atoms with Gasteiger partial charge < -0.3 is 14.9 Å². The molecule has 0 heterocycles. The fourth-order valence-electron chi connectivity index (χ4n) is 1.03. The first kappa shape index (κ1) is 18.3. The molecular weight excluding hydrogens is 220 g/mol. The highest BCUT2D eigenvalue weighted by molar-refractivity contribution is 5.87. The van der Waals surface area contributed by atoms with Gasteiger partial charge in [-0.15, -0.1) is 5.73 Å². The number of ether oxygens (including phenoxy) is 1. The number of unbranched alkanes of at least 4 members (excludes halogenated alkanes) is 1. The molecule has 4 nitrogen and oxygen atoms in total. The predicted octanol–water partition coefficient (Wildman–Crippen LogP) is 1.81. The minimum atomic E-state index is -0.296. The van der Waals surface area contributed by atoms with Crippen LogP contribution in [0, 0.1) is 0 Å². The highest BCUT2D eigenvalue weighted by atomic mass is 16.5. The number of hydrogen-bond donors (Lipinski definition) is 2. The molecule has 0 aromatic carbocycles. The molecule has 4 heteroatoms. The molecule has 0 radical (unpaired) electrons. The summed E-state index contributed by atoms with van der Waals surface area (Å²) in [5.41, 5.74) is 4.69. The summed E-state index contributed by atoms with van der Waals surface area (Å²) in [6.07, 6.45) is 3.31. The number of esters is 1. The summed E-state index contributed by atoms with van der Waals surface area (Å²) in [6, 6.07) is 0. The highest BCUT2D eigenvalue weighted by Gasteiger charge is 2.00. The summed E-state index contributed by atoms with van der Waals surface area (Å²) < 4.78 is 4.57. The Bertz CT molecular complexity index is 261. The van der Waals surface area contributed by atoms with Gasteiger partial charge in [-0.25, -0.2) is 4.79 Å². The van der Waals surface area contributed by atoms with E-state index in [2.05, 4.69) is 17.4 Å². The lowest BCUT2D eigenvalue weighted by Crippen LogP contribution is -2.00. The van der Waals surface area contributed by atoms with Gasteiger partial charge in [-0.1, -0.05) is 13.3 Å². The summed E-state index contributed by atoms with van der Waals surface area (Å²) in [7, 11) is 1.38. The molecule has 0 rings (SSSR count). The molecule has 0 saturated heterocycles. The van der Waals surface area contributed by atoms with Crippen LogP contribution >= 0.6 is 0 Å². The normalized spacial score (nSPS) is 8.59. The van der Waals surface area contributed by atoms with E-state index in [4.69, 9.17) is 10.2 Å². The molecule has 0 bridgehead atoms. The summed E-state index contributed by atoms with van der Waals surface area (Å²) in [6.45, 7) is 5.60. The first-order valence-corrected chi connectivity index (χ1v) is 5.76. The average molecular weight is 244 g/mol. The zero-order valence-corrected chi connectivity index (χ0v) is 11.2. The van der Waals surface area contributed by atoms with E-state index in [0.29, 0.717) is 5.57 Å². The van der Waals surface area contributed by atoms with Crippen LogP contribution in [0.15, 0.2) is 16.9 Å². The highest BCUT2D eigenvalue weighted by Crippen LogP contribution is 2.06. The third-order valence-corrected chi connectivity index (χ3v) is 1.90. The van der Waals surface area contributed by atoms with Crippen LogP contribution in [0.1, 0.15) is 40.0 Å². The monoisotopic (exact) mass is 244 g/mol. The molecule has 17 heavy (non-hydrogen) atoms. The number of aliphatic hydroxyl groups is 2. The van der Waals surface area contributed by atoms with Crippen molar-refractivity contribution in [1.82, 2.24) is 0 Å². The van der Waals surface area contributed by atoms with Crippen molar-refractivity contribution in [2.45, 2.75) is 40.0 Å². The van der Waals surface area contributed by atoms with E-state index in [1.165, 1.54) is 7.11 Å². The van der Waals surface area contributed by atoms with Gasteiger partial charge in [-0.05, 0) is 32.3 Å². The third kappa shape index (κ3) is 12.8. The van der Waals surface area contributed by atoms with Crippen molar-refractivity contribution in [3.63, 3.8) is 0 Å². The molecule has 0 saturated carbocycles. The van der Waals surface area contributed by atoms with Crippen molar-refractivity contribution in [3.8, 4) is 0 Å². The van der Waals surface area contributed by atoms with Crippen LogP contribution in [0.2, 0.25) is 0 Å². The number of hydrogen-bond acceptors (Lipinski definition) is 4. The largest absolute Gasteiger partial charge is 0.465 e. The van der Waals surface area contributed by atoms with E-state index in [1.807, 2.05) is 6.92 Å². The second kappa shape index (κ2) is 13.0. The predicted molar refractivity (Wildman–Crippen MR) is 67.6 cm³/mol. The van der Waals surface area contributed by atoms with Crippen molar-refractivity contribution < 1.29 is 19.7 Å². The number of rotatable bonds is 5. The minimum Gasteiger partial charge on any atom is -0.465 e. The Morgan fingerprint density at radius 2 is 1.76 bits per heavy atom. The van der Waals surface area contributed by atoms with E-state index >= 15 is 0 Å². The van der Waals surface area contributed by atoms with E-state index in [-0.39, 0.29) is 19.2 Å². The van der Waals surface area contributed by atoms with Gasteiger partial charge in [0.15, 0.2) is 0 Å². The van der Waals surface area contributed by atoms with Crippen LogP contribution in [0.4, 0.5) is 0 Å². The Labute approximate surface area is 104 Å². The van der Waals surface area contributed by atoms with Gasteiger partial charge in [-0.2, -0.15) is 0 Å². The molecule has 0 atom stereocenters. The Kier molecular flexibility index (Phi) is 14.0. The molecule has 0 unspecified atom stereocenters. The standard InChI is InChI=1S/C11H18O2.C2H6O2/c1-5-6-7-9(2)8-10(3)11(12)13-4;3-1-2-4/h5-7H2,1-4H3;3-4H,1-2H2. The molecular formula is C13H24O4. The molecule has 0 aliphatic rings. The number of carbonyl (C=O) groups excluding carboxylic acids is 1. The molecule has 0 spiro atoms. The summed E-state index contributed by atoms with van der Waals surface area (Å²) in [4.78, 5) is 11.0. The molecule has 0 aliphatic heterocycles. The van der Waals surface area contributed by atoms with Crippen LogP contribution in [0.25, 0.3) is 0 Å². The van der Waals surface area contributed by atoms with E-state index in [0.717, 1.165) is 24.8 Å². The Balaban J connectivity index is 0. The maximum atomic E-state index is 11.0. The van der Waals surface area contributed by atoms with Crippen LogP contribution in [0.5, 0.6) is 0 Å². The fraction of sp³-hybridized carbons (Fsp3) is 0.692. The van der Waals surface area contributed by atoms with Gasteiger partial charge in [-0.3, -0.25) is 0 Å². The van der Waals surface area contributed by atoms with Crippen LogP contribution < -0.4 is 0 Å². The quantitative estimate of drug-likeness (QED) is 0.440. The van der Waals surface area contributed by atoms with Gasteiger partial charge >= 0.3 is 5.97 Å². The third-order valence-electron chi connectivity index (χ3n) is 1.90. The average Bonchev–Trinajstić information content (AvgIpc) is 2.35. The molecule has 2 N–H and O–H groups in total. The van der Waals surface area contributed by atoms with Gasteiger partial charge in [0.1, 0.15) is 0 Å². The topological polar surface area (TPSA) is 66.8 Å². The molecule has 0 aromatic rings. The van der Waals surface area contributed by atoms with Gasteiger partial charge in [0.2, 0.25) is 0 Å². The van der Waals surface area contributed by atoms with Crippen LogP contribution in [-0.4, -0.2) is 36.5 Å². The van der Waals surface area contributed by atoms with Gasteiger partial charge in [0.05, 0.1) is 25.9 Å². The lowest BCUT2D eigenvalue weighted by Gasteiger charge is -1.97. The maximum Gasteiger partial charge on any atom is 0.341 e. The lowest BCUT2D eigenvalue weighted by atomic mass is 10.1. The summed E-state index contributed by atoms with van der Waals surface area (Å²) >= 11 is 0. The second-order valence-electron chi connectivity index (χ2n) is 3.57. The van der Waals surface area contributed by atoms with E-state index < -0.39 is 0 Å². The fourth-order valence-corrected chi connectivity index (χ4v) is 1.03. The Morgan fingerprint density at radius 1 is 1.24 bits per heavy atom. The van der Waals surface area contributed by atoms with Crippen LogP contribution in [0.3, 0.4) is 0 Å². The van der Waals surface area contributed by atoms with E-state index in [1.54, 1.807) is 6.92 Å². The molecule has 0 aliphatic carbocycles. The molecule has 100 valence electrons. The van der Waals surface area contributed by atoms with Crippen LogP contribution in [-0.2, 0) is 9.53 Å². The Morgan fingerprint density at radius 3 is 2.12 bits per heavy atom. The zero-order valence-electron chi connectivity index (χ0n) is 11.2. The lowest BCUT2D eigenvalue weighted by molar-refractivity contribution is -0.136. The minimum absolute atomic E-state index is 0.125. The second-order valence-corrected chi connectivity index (χ2v) is 3.57.